The molecular weight excluding hydrogens is 130 g/mol. The molecule has 2 rings (SSSR count). The Bertz CT molecular complexity index is 186. The fourth-order valence-electron chi connectivity index (χ4n) is 0.869. The zero-order valence-corrected chi connectivity index (χ0v) is 5.23. The first-order valence-corrected chi connectivity index (χ1v) is 3.04. The van der Waals surface area contributed by atoms with E-state index in [2.05, 4.69) is 11.1 Å². The van der Waals surface area contributed by atoms with Gasteiger partial charge in [-0.2, -0.15) is 0 Å². The summed E-state index contributed by atoms with van der Waals surface area (Å²) in [5.41, 5.74) is 0. The molecule has 0 aliphatic carbocycles. The van der Waals surface area contributed by atoms with Crippen LogP contribution in [0, 0.1) is 6.08 Å². The van der Waals surface area contributed by atoms with Crippen molar-refractivity contribution in [2.45, 2.75) is 12.3 Å². The molecule has 10 heavy (non-hydrogen) atoms. The zero-order chi connectivity index (χ0) is 6.81. The van der Waals surface area contributed by atoms with Gasteiger partial charge >= 0.3 is 0 Å². The molecule has 2 aliphatic heterocycles. The Morgan fingerprint density at radius 2 is 2.20 bits per heavy atom. The second-order valence-electron chi connectivity index (χ2n) is 1.99. The summed E-state index contributed by atoms with van der Waals surface area (Å²) in [6.45, 7) is 0. The van der Waals surface area contributed by atoms with Crippen LogP contribution in [0.4, 0.5) is 0 Å². The van der Waals surface area contributed by atoms with E-state index in [1.165, 1.54) is 12.5 Å². The molecule has 0 spiro atoms. The fourth-order valence-corrected chi connectivity index (χ4v) is 0.869. The van der Waals surface area contributed by atoms with E-state index >= 15 is 0 Å². The highest BCUT2D eigenvalue weighted by molar-refractivity contribution is 5.71. The number of fused-ring (bicyclic) bond motifs is 1. The van der Waals surface area contributed by atoms with E-state index in [0.717, 1.165) is 0 Å². The molecule has 0 aromatic rings. The van der Waals surface area contributed by atoms with Crippen LogP contribution in [0.3, 0.4) is 0 Å². The highest BCUT2D eigenvalue weighted by Crippen LogP contribution is 2.14. The highest BCUT2D eigenvalue weighted by Gasteiger charge is 2.23. The second kappa shape index (κ2) is 2.17. The largest absolute Gasteiger partial charge is 0.484 e. The Morgan fingerprint density at radius 1 is 1.30 bits per heavy atom. The predicted molar refractivity (Wildman–Crippen MR) is 35.2 cm³/mol. The first kappa shape index (κ1) is 5.53. The molecule has 0 aromatic carbocycles. The normalized spacial score (nSPS) is 34.4. The number of hydrogen-bond donors (Lipinski definition) is 0. The SMILES string of the molecule is [C]1=CC=NC2OC=COC12. The van der Waals surface area contributed by atoms with Crippen molar-refractivity contribution in [1.82, 2.24) is 0 Å². The van der Waals surface area contributed by atoms with E-state index in [-0.39, 0.29) is 12.3 Å². The second-order valence-corrected chi connectivity index (χ2v) is 1.99. The van der Waals surface area contributed by atoms with Crippen LogP contribution < -0.4 is 0 Å². The lowest BCUT2D eigenvalue weighted by molar-refractivity contribution is -0.00650. The number of aliphatic imine (C=N–C) groups is 1. The van der Waals surface area contributed by atoms with E-state index in [1.807, 2.05) is 0 Å². The van der Waals surface area contributed by atoms with E-state index in [0.29, 0.717) is 0 Å². The van der Waals surface area contributed by atoms with Crippen molar-refractivity contribution < 1.29 is 9.47 Å². The van der Waals surface area contributed by atoms with Crippen LogP contribution in [0.5, 0.6) is 0 Å². The van der Waals surface area contributed by atoms with Crippen LogP contribution in [0.2, 0.25) is 0 Å². The molecule has 0 amide bonds. The lowest BCUT2D eigenvalue weighted by Gasteiger charge is -2.24. The first-order chi connectivity index (χ1) is 4.97. The van der Waals surface area contributed by atoms with Crippen molar-refractivity contribution >= 4 is 6.21 Å². The molecule has 0 saturated heterocycles. The van der Waals surface area contributed by atoms with Crippen LogP contribution in [0.1, 0.15) is 0 Å². The minimum atomic E-state index is -0.227. The molecule has 51 valence electrons. The lowest BCUT2D eigenvalue weighted by atomic mass is 10.2. The molecule has 1 radical (unpaired) electrons. The van der Waals surface area contributed by atoms with E-state index in [1.54, 1.807) is 12.3 Å². The molecule has 0 N–H and O–H groups in total. The van der Waals surface area contributed by atoms with Gasteiger partial charge in [0.15, 0.2) is 6.10 Å². The number of dihydropyridines is 1. The lowest BCUT2D eigenvalue weighted by Crippen LogP contribution is -2.30. The van der Waals surface area contributed by atoms with Crippen LogP contribution in [-0.2, 0) is 9.47 Å². The monoisotopic (exact) mass is 136 g/mol. The van der Waals surface area contributed by atoms with Crippen molar-refractivity contribution in [3.63, 3.8) is 0 Å². The van der Waals surface area contributed by atoms with Gasteiger partial charge in [-0.25, -0.2) is 4.99 Å². The number of hydrogen-bond acceptors (Lipinski definition) is 3. The molecule has 3 nitrogen and oxygen atoms in total. The molecule has 2 unspecified atom stereocenters. The predicted octanol–water partition coefficient (Wildman–Crippen LogP) is 0.643. The third-order valence-electron chi connectivity index (χ3n) is 1.33. The summed E-state index contributed by atoms with van der Waals surface area (Å²) >= 11 is 0. The Hall–Kier alpha value is -1.25. The molecule has 0 saturated carbocycles. The summed E-state index contributed by atoms with van der Waals surface area (Å²) in [6, 6.07) is 0. The van der Waals surface area contributed by atoms with E-state index < -0.39 is 0 Å². The maximum Gasteiger partial charge on any atom is 0.229 e. The first-order valence-electron chi connectivity index (χ1n) is 3.04. The smallest absolute Gasteiger partial charge is 0.229 e. The Kier molecular flexibility index (Phi) is 1.20. The standard InChI is InChI=1S/C7H6NO2/c1-2-6-7(8-3-1)10-5-4-9-6/h1,3-7H. The maximum absolute atomic E-state index is 5.12. The molecule has 3 heteroatoms. The average molecular weight is 136 g/mol. The van der Waals surface area contributed by atoms with E-state index in [9.17, 15) is 0 Å². The third kappa shape index (κ3) is 0.795. The van der Waals surface area contributed by atoms with Gasteiger partial charge in [-0.05, 0) is 6.08 Å². The molecule has 2 atom stereocenters. The zero-order valence-electron chi connectivity index (χ0n) is 5.23. The van der Waals surface area contributed by atoms with Crippen molar-refractivity contribution in [1.29, 1.82) is 0 Å². The minimum absolute atomic E-state index is 0.157. The van der Waals surface area contributed by atoms with Gasteiger partial charge in [0.25, 0.3) is 0 Å². The topological polar surface area (TPSA) is 30.8 Å². The van der Waals surface area contributed by atoms with Gasteiger partial charge in [0.1, 0.15) is 12.5 Å². The summed E-state index contributed by atoms with van der Waals surface area (Å²) in [5, 5.41) is 0. The van der Waals surface area contributed by atoms with Crippen molar-refractivity contribution in [3.8, 4) is 0 Å². The Labute approximate surface area is 58.7 Å². The number of rotatable bonds is 0. The molecular formula is C7H6NO2. The Balaban J connectivity index is 2.19. The summed E-state index contributed by atoms with van der Waals surface area (Å²) in [7, 11) is 0. The van der Waals surface area contributed by atoms with Gasteiger partial charge in [0, 0.05) is 12.3 Å². The van der Waals surface area contributed by atoms with Crippen LogP contribution in [0.15, 0.2) is 23.6 Å². The van der Waals surface area contributed by atoms with Gasteiger partial charge in [-0.15, -0.1) is 0 Å². The molecule has 2 aliphatic rings. The van der Waals surface area contributed by atoms with Crippen LogP contribution in [0.25, 0.3) is 0 Å². The third-order valence-corrected chi connectivity index (χ3v) is 1.33. The van der Waals surface area contributed by atoms with Crippen molar-refractivity contribution in [2.24, 2.45) is 4.99 Å². The number of ether oxygens (including phenoxy) is 2. The molecule has 0 bridgehead atoms. The summed E-state index contributed by atoms with van der Waals surface area (Å²) in [4.78, 5) is 4.01. The highest BCUT2D eigenvalue weighted by atomic mass is 16.6. The van der Waals surface area contributed by atoms with Crippen molar-refractivity contribution in [3.05, 3.63) is 24.7 Å². The van der Waals surface area contributed by atoms with Crippen LogP contribution >= 0.6 is 0 Å². The molecule has 0 aromatic heterocycles. The summed E-state index contributed by atoms with van der Waals surface area (Å²) in [5.74, 6) is 0. The molecule has 2 heterocycles. The van der Waals surface area contributed by atoms with Crippen LogP contribution in [-0.4, -0.2) is 18.5 Å². The number of nitrogens with zero attached hydrogens (tertiary/aromatic N) is 1. The summed E-state index contributed by atoms with van der Waals surface area (Å²) in [6.07, 6.45) is 8.94. The maximum atomic E-state index is 5.12. The van der Waals surface area contributed by atoms with Gasteiger partial charge in [0.2, 0.25) is 6.23 Å². The number of allylic oxidation sites excluding steroid dienone is 1. The van der Waals surface area contributed by atoms with Gasteiger partial charge in [-0.3, -0.25) is 0 Å². The quantitative estimate of drug-likeness (QED) is 0.489. The van der Waals surface area contributed by atoms with Gasteiger partial charge in [0.05, 0.1) is 0 Å². The van der Waals surface area contributed by atoms with Gasteiger partial charge < -0.3 is 9.47 Å². The van der Waals surface area contributed by atoms with Gasteiger partial charge in [-0.1, -0.05) is 0 Å². The van der Waals surface area contributed by atoms with E-state index in [4.69, 9.17) is 9.47 Å². The fraction of sp³-hybridized carbons (Fsp3) is 0.286. The Morgan fingerprint density at radius 3 is 3.10 bits per heavy atom. The average Bonchev–Trinajstić information content (AvgIpc) is 2.05. The molecule has 0 fully saturated rings. The minimum Gasteiger partial charge on any atom is -0.484 e. The van der Waals surface area contributed by atoms with Crippen molar-refractivity contribution in [2.75, 3.05) is 0 Å². The summed E-state index contributed by atoms with van der Waals surface area (Å²) < 4.78 is 10.2.